The predicted octanol–water partition coefficient (Wildman–Crippen LogP) is 12.7. The molecule has 0 aromatic rings. The summed E-state index contributed by atoms with van der Waals surface area (Å²) in [6, 6.07) is -0.999. The predicted molar refractivity (Wildman–Crippen MR) is 233 cm³/mol. The number of carbonyl (C=O) groups excluding carboxylic acids is 1. The molecule has 0 bridgehead atoms. The van der Waals surface area contributed by atoms with E-state index in [1.807, 2.05) is 0 Å². The summed E-state index contributed by atoms with van der Waals surface area (Å²) >= 11 is 0. The lowest BCUT2D eigenvalue weighted by molar-refractivity contribution is -0.132. The van der Waals surface area contributed by atoms with Crippen LogP contribution in [0.15, 0.2) is 24.3 Å². The van der Waals surface area contributed by atoms with Gasteiger partial charge in [0, 0.05) is 0 Å². The second-order valence-electron chi connectivity index (χ2n) is 16.4. The highest BCUT2D eigenvalue weighted by Crippen LogP contribution is 2.16. The van der Waals surface area contributed by atoms with Crippen molar-refractivity contribution >= 4 is 5.91 Å². The average molecular weight is 764 g/mol. The zero-order chi connectivity index (χ0) is 39.6. The van der Waals surface area contributed by atoms with Crippen LogP contribution in [0.3, 0.4) is 0 Å². The maximum absolute atomic E-state index is 12.5. The summed E-state index contributed by atoms with van der Waals surface area (Å²) in [5, 5.41) is 43.6. The number of nitrogens with one attached hydrogen (secondary N) is 1. The molecule has 0 saturated heterocycles. The van der Waals surface area contributed by atoms with Crippen molar-refractivity contribution in [2.24, 2.45) is 0 Å². The zero-order valence-electron chi connectivity index (χ0n) is 36.0. The number of unbranched alkanes of at least 4 members (excludes halogenated alkanes) is 30. The van der Waals surface area contributed by atoms with Crippen molar-refractivity contribution in [1.29, 1.82) is 0 Å². The van der Waals surface area contributed by atoms with Gasteiger partial charge >= 0.3 is 0 Å². The first-order valence-corrected chi connectivity index (χ1v) is 23.7. The van der Waals surface area contributed by atoms with Crippen LogP contribution in [0, 0.1) is 0 Å². The Hall–Kier alpha value is -1.21. The standard InChI is InChI=1S/C48H93NO5/c1-3-5-7-9-11-13-15-16-17-18-19-20-21-22-23-24-25-26-27-28-29-30-32-34-36-38-40-42-46(52)48(54)49-44(43-50)47(53)45(51)41-39-37-35-33-31-14-12-10-8-6-4-2/h22-23,33,35,44-47,50-53H,3-21,24-32,34,36-43H2,1-2H3,(H,49,54)/b23-22-,35-33+. The van der Waals surface area contributed by atoms with Crippen LogP contribution in [0.4, 0.5) is 0 Å². The van der Waals surface area contributed by atoms with Crippen molar-refractivity contribution in [3.05, 3.63) is 24.3 Å². The first-order valence-electron chi connectivity index (χ1n) is 23.7. The normalized spacial score (nSPS) is 14.3. The third kappa shape index (κ3) is 36.4. The van der Waals surface area contributed by atoms with Crippen LogP contribution < -0.4 is 5.32 Å². The van der Waals surface area contributed by atoms with Gasteiger partial charge in [-0.25, -0.2) is 0 Å². The summed E-state index contributed by atoms with van der Waals surface area (Å²) in [6.07, 6.45) is 49.5. The van der Waals surface area contributed by atoms with Crippen LogP contribution in [0.2, 0.25) is 0 Å². The molecule has 5 N–H and O–H groups in total. The Kier molecular flexibility index (Phi) is 42.0. The van der Waals surface area contributed by atoms with Crippen molar-refractivity contribution in [2.75, 3.05) is 6.61 Å². The van der Waals surface area contributed by atoms with E-state index in [1.165, 1.54) is 180 Å². The van der Waals surface area contributed by atoms with Crippen molar-refractivity contribution in [2.45, 2.75) is 269 Å². The summed E-state index contributed by atoms with van der Waals surface area (Å²) in [7, 11) is 0. The van der Waals surface area contributed by atoms with E-state index in [9.17, 15) is 25.2 Å². The number of hydrogen-bond donors (Lipinski definition) is 5. The lowest BCUT2D eigenvalue weighted by Crippen LogP contribution is -2.53. The van der Waals surface area contributed by atoms with Crippen molar-refractivity contribution in [1.82, 2.24) is 5.32 Å². The van der Waals surface area contributed by atoms with Gasteiger partial charge in [-0.05, 0) is 64.2 Å². The van der Waals surface area contributed by atoms with Crippen molar-refractivity contribution < 1.29 is 25.2 Å². The molecule has 4 atom stereocenters. The van der Waals surface area contributed by atoms with Crippen molar-refractivity contribution in [3.63, 3.8) is 0 Å². The topological polar surface area (TPSA) is 110 Å². The van der Waals surface area contributed by atoms with Crippen LogP contribution in [0.25, 0.3) is 0 Å². The van der Waals surface area contributed by atoms with Crippen LogP contribution in [-0.2, 0) is 4.79 Å². The highest BCUT2D eigenvalue weighted by molar-refractivity contribution is 5.80. The molecule has 6 nitrogen and oxygen atoms in total. The number of aliphatic hydroxyl groups excluding tert-OH is 4. The fourth-order valence-corrected chi connectivity index (χ4v) is 7.34. The molecule has 0 rings (SSSR count). The average Bonchev–Trinajstić information content (AvgIpc) is 3.18. The van der Waals surface area contributed by atoms with Crippen molar-refractivity contribution in [3.8, 4) is 0 Å². The molecule has 0 saturated carbocycles. The SMILES string of the molecule is CCCCCCCC/C=C/CCCC(O)C(O)C(CO)NC(=O)C(O)CCCCCCCCCCCCC/C=C\CCCCCCCCCCCCCC. The molecule has 0 aromatic carbocycles. The Balaban J connectivity index is 3.64. The van der Waals surface area contributed by atoms with Gasteiger partial charge in [0.15, 0.2) is 0 Å². The summed E-state index contributed by atoms with van der Waals surface area (Å²) in [4.78, 5) is 12.5. The first-order chi connectivity index (χ1) is 26.5. The summed E-state index contributed by atoms with van der Waals surface area (Å²) < 4.78 is 0. The molecule has 0 radical (unpaired) electrons. The Bertz CT molecular complexity index is 817. The maximum atomic E-state index is 12.5. The minimum atomic E-state index is -1.28. The Morgan fingerprint density at radius 1 is 0.444 bits per heavy atom. The van der Waals surface area contributed by atoms with E-state index < -0.39 is 36.9 Å². The Morgan fingerprint density at radius 2 is 0.759 bits per heavy atom. The molecule has 0 spiro atoms. The maximum Gasteiger partial charge on any atom is 0.249 e. The monoisotopic (exact) mass is 764 g/mol. The molecule has 4 unspecified atom stereocenters. The highest BCUT2D eigenvalue weighted by atomic mass is 16.3. The number of hydrogen-bond acceptors (Lipinski definition) is 5. The van der Waals surface area contributed by atoms with E-state index >= 15 is 0 Å². The third-order valence-corrected chi connectivity index (χ3v) is 11.1. The fraction of sp³-hybridized carbons (Fsp3) is 0.896. The molecule has 1 amide bonds. The molecular formula is C48H93NO5. The molecule has 0 aliphatic heterocycles. The quantitative estimate of drug-likeness (QED) is 0.0314. The lowest BCUT2D eigenvalue weighted by Gasteiger charge is -2.27. The second kappa shape index (κ2) is 42.9. The molecule has 320 valence electrons. The Labute approximate surface area is 335 Å². The fourth-order valence-electron chi connectivity index (χ4n) is 7.34. The molecule has 0 aliphatic carbocycles. The van der Waals surface area contributed by atoms with Gasteiger partial charge in [0.2, 0.25) is 5.91 Å². The molecule has 0 aliphatic rings. The van der Waals surface area contributed by atoms with E-state index in [4.69, 9.17) is 0 Å². The summed E-state index contributed by atoms with van der Waals surface area (Å²) in [5.41, 5.74) is 0. The van der Waals surface area contributed by atoms with Gasteiger partial charge in [-0.15, -0.1) is 0 Å². The molecule has 0 aromatic heterocycles. The van der Waals surface area contributed by atoms with Gasteiger partial charge in [0.25, 0.3) is 0 Å². The van der Waals surface area contributed by atoms with Gasteiger partial charge in [0.05, 0.1) is 18.8 Å². The number of allylic oxidation sites excluding steroid dienone is 4. The molecule has 6 heteroatoms. The summed E-state index contributed by atoms with van der Waals surface area (Å²) in [6.45, 7) is 4.02. The van der Waals surface area contributed by atoms with E-state index in [1.54, 1.807) is 0 Å². The van der Waals surface area contributed by atoms with Crippen LogP contribution >= 0.6 is 0 Å². The van der Waals surface area contributed by atoms with Gasteiger partial charge < -0.3 is 25.7 Å². The van der Waals surface area contributed by atoms with Gasteiger partial charge in [-0.1, -0.05) is 205 Å². The third-order valence-electron chi connectivity index (χ3n) is 11.1. The van der Waals surface area contributed by atoms with Gasteiger partial charge in [-0.2, -0.15) is 0 Å². The zero-order valence-corrected chi connectivity index (χ0v) is 36.0. The number of carbonyl (C=O) groups is 1. The second-order valence-corrected chi connectivity index (χ2v) is 16.4. The van der Waals surface area contributed by atoms with E-state index in [0.717, 1.165) is 38.5 Å². The largest absolute Gasteiger partial charge is 0.394 e. The van der Waals surface area contributed by atoms with E-state index in [0.29, 0.717) is 12.8 Å². The lowest BCUT2D eigenvalue weighted by atomic mass is 10.00. The number of rotatable bonds is 43. The van der Waals surface area contributed by atoms with E-state index in [2.05, 4.69) is 43.5 Å². The number of amides is 1. The van der Waals surface area contributed by atoms with Crippen LogP contribution in [-0.4, -0.2) is 57.3 Å². The minimum absolute atomic E-state index is 0.363. The van der Waals surface area contributed by atoms with E-state index in [-0.39, 0.29) is 0 Å². The van der Waals surface area contributed by atoms with Gasteiger partial charge in [-0.3, -0.25) is 4.79 Å². The minimum Gasteiger partial charge on any atom is -0.394 e. The molecule has 54 heavy (non-hydrogen) atoms. The number of aliphatic hydroxyl groups is 4. The first kappa shape index (κ1) is 52.8. The smallest absolute Gasteiger partial charge is 0.249 e. The van der Waals surface area contributed by atoms with Gasteiger partial charge in [0.1, 0.15) is 12.2 Å². The highest BCUT2D eigenvalue weighted by Gasteiger charge is 2.28. The molecule has 0 heterocycles. The Morgan fingerprint density at radius 3 is 1.11 bits per heavy atom. The van der Waals surface area contributed by atoms with Crippen LogP contribution in [0.1, 0.15) is 245 Å². The molecule has 0 fully saturated rings. The molecular weight excluding hydrogens is 671 g/mol. The van der Waals surface area contributed by atoms with Crippen LogP contribution in [0.5, 0.6) is 0 Å². The summed E-state index contributed by atoms with van der Waals surface area (Å²) in [5.74, 6) is -0.594.